The summed E-state index contributed by atoms with van der Waals surface area (Å²) < 4.78 is 0. The Morgan fingerprint density at radius 2 is 1.88 bits per heavy atom. The first-order valence-corrected chi connectivity index (χ1v) is 9.41. The van der Waals surface area contributed by atoms with Crippen LogP contribution in [0.5, 0.6) is 0 Å². The molecule has 0 amide bonds. The van der Waals surface area contributed by atoms with Gasteiger partial charge in [-0.3, -0.25) is 0 Å². The van der Waals surface area contributed by atoms with Crippen LogP contribution in [-0.4, -0.2) is 36.6 Å². The molecule has 25 heavy (non-hydrogen) atoms. The number of aromatic nitrogens is 1. The van der Waals surface area contributed by atoms with Crippen molar-refractivity contribution < 1.29 is 0 Å². The van der Waals surface area contributed by atoms with E-state index in [-0.39, 0.29) is 0 Å². The van der Waals surface area contributed by atoms with Crippen molar-refractivity contribution in [1.82, 2.24) is 9.88 Å². The van der Waals surface area contributed by atoms with Gasteiger partial charge in [-0.1, -0.05) is 12.1 Å². The molecule has 0 spiro atoms. The van der Waals surface area contributed by atoms with Crippen LogP contribution < -0.4 is 4.90 Å². The molecule has 2 aromatic carbocycles. The largest absolute Gasteiger partial charge is 0.372 e. The number of nitrogens with one attached hydrogen (secondary N) is 1. The van der Waals surface area contributed by atoms with Gasteiger partial charge >= 0.3 is 0 Å². The van der Waals surface area contributed by atoms with Gasteiger partial charge in [0.1, 0.15) is 0 Å². The molecule has 5 rings (SSSR count). The molecule has 3 heterocycles. The third kappa shape index (κ3) is 2.63. The minimum Gasteiger partial charge on any atom is -0.372 e. The molecule has 2 aliphatic heterocycles. The second kappa shape index (κ2) is 5.92. The van der Waals surface area contributed by atoms with Gasteiger partial charge in [-0.2, -0.15) is 0 Å². The molecular weight excluding hydrogens is 306 g/mol. The van der Waals surface area contributed by atoms with Crippen LogP contribution in [0.25, 0.3) is 10.9 Å². The molecule has 0 aliphatic carbocycles. The highest BCUT2D eigenvalue weighted by Gasteiger charge is 2.26. The smallest absolute Gasteiger partial charge is 0.0454 e. The molecule has 1 atom stereocenters. The lowest BCUT2D eigenvalue weighted by Crippen LogP contribution is -2.31. The van der Waals surface area contributed by atoms with Crippen molar-refractivity contribution in [2.24, 2.45) is 0 Å². The Kier molecular flexibility index (Phi) is 3.56. The van der Waals surface area contributed by atoms with E-state index in [0.717, 1.165) is 13.1 Å². The summed E-state index contributed by atoms with van der Waals surface area (Å²) in [6.07, 6.45) is 4.68. The Balaban J connectivity index is 1.55. The van der Waals surface area contributed by atoms with Crippen LogP contribution in [0.2, 0.25) is 0 Å². The van der Waals surface area contributed by atoms with Crippen molar-refractivity contribution in [3.63, 3.8) is 0 Å². The molecule has 0 radical (unpaired) electrons. The Labute approximate surface area is 149 Å². The average Bonchev–Trinajstić information content (AvgIpc) is 3.31. The molecule has 1 aromatic heterocycles. The van der Waals surface area contributed by atoms with Crippen LogP contribution in [0, 0.1) is 0 Å². The van der Waals surface area contributed by atoms with Crippen LogP contribution in [0.3, 0.4) is 0 Å². The van der Waals surface area contributed by atoms with Crippen molar-refractivity contribution in [2.75, 3.05) is 31.6 Å². The van der Waals surface area contributed by atoms with Gasteiger partial charge in [0.15, 0.2) is 0 Å². The molecule has 3 aromatic rings. The van der Waals surface area contributed by atoms with E-state index in [0.29, 0.717) is 5.92 Å². The molecule has 0 saturated carbocycles. The first-order valence-electron chi connectivity index (χ1n) is 9.41. The zero-order chi connectivity index (χ0) is 16.8. The number of aromatic amines is 1. The molecule has 2 aliphatic rings. The molecule has 1 fully saturated rings. The van der Waals surface area contributed by atoms with Crippen molar-refractivity contribution in [3.05, 3.63) is 65.4 Å². The van der Waals surface area contributed by atoms with Crippen LogP contribution in [0.4, 0.5) is 5.69 Å². The second-order valence-corrected chi connectivity index (χ2v) is 7.65. The van der Waals surface area contributed by atoms with Crippen LogP contribution in [0.1, 0.15) is 35.4 Å². The van der Waals surface area contributed by atoms with E-state index in [1.165, 1.54) is 59.2 Å². The first-order chi connectivity index (χ1) is 12.3. The van der Waals surface area contributed by atoms with Gasteiger partial charge in [0.2, 0.25) is 0 Å². The quantitative estimate of drug-likeness (QED) is 0.754. The molecular formula is C22H25N3. The van der Waals surface area contributed by atoms with Gasteiger partial charge in [0, 0.05) is 49.5 Å². The lowest BCUT2D eigenvalue weighted by Gasteiger charge is -2.33. The third-order valence-corrected chi connectivity index (χ3v) is 5.89. The van der Waals surface area contributed by atoms with E-state index in [1.807, 2.05) is 6.20 Å². The van der Waals surface area contributed by atoms with Gasteiger partial charge < -0.3 is 14.8 Å². The zero-order valence-electron chi connectivity index (χ0n) is 14.8. The van der Waals surface area contributed by atoms with Crippen molar-refractivity contribution in [2.45, 2.75) is 25.3 Å². The summed E-state index contributed by atoms with van der Waals surface area (Å²) in [6, 6.07) is 16.2. The van der Waals surface area contributed by atoms with E-state index in [9.17, 15) is 0 Å². The third-order valence-electron chi connectivity index (χ3n) is 5.89. The molecule has 3 nitrogen and oxygen atoms in total. The minimum atomic E-state index is 0.459. The Morgan fingerprint density at radius 3 is 2.76 bits per heavy atom. The first kappa shape index (κ1) is 15.0. The number of hydrogen-bond donors (Lipinski definition) is 1. The minimum absolute atomic E-state index is 0.459. The number of fused-ring (bicyclic) bond motifs is 2. The Hall–Kier alpha value is -2.26. The van der Waals surface area contributed by atoms with Crippen molar-refractivity contribution in [3.8, 4) is 0 Å². The fraction of sp³-hybridized carbons (Fsp3) is 0.364. The Bertz CT molecular complexity index is 905. The summed E-state index contributed by atoms with van der Waals surface area (Å²) >= 11 is 0. The monoisotopic (exact) mass is 331 g/mol. The van der Waals surface area contributed by atoms with E-state index < -0.39 is 0 Å². The fourth-order valence-electron chi connectivity index (χ4n) is 4.58. The maximum absolute atomic E-state index is 3.30. The highest BCUT2D eigenvalue weighted by Crippen LogP contribution is 2.36. The predicted molar refractivity (Wildman–Crippen MR) is 104 cm³/mol. The summed E-state index contributed by atoms with van der Waals surface area (Å²) in [5.74, 6) is 0.459. The van der Waals surface area contributed by atoms with Gasteiger partial charge in [0.05, 0.1) is 0 Å². The van der Waals surface area contributed by atoms with Gasteiger partial charge in [-0.05, 0) is 72.3 Å². The molecule has 3 heteroatoms. The number of benzene rings is 2. The number of anilines is 1. The van der Waals surface area contributed by atoms with Gasteiger partial charge in [0.25, 0.3) is 0 Å². The predicted octanol–water partition coefficient (Wildman–Crippen LogP) is 4.35. The lowest BCUT2D eigenvalue weighted by atomic mass is 9.84. The maximum atomic E-state index is 3.30. The number of likely N-dealkylation sites (N-methyl/N-ethyl adjacent to an activating group) is 1. The van der Waals surface area contributed by atoms with Crippen LogP contribution >= 0.6 is 0 Å². The number of nitrogens with zero attached hydrogens (tertiary/aromatic N) is 2. The summed E-state index contributed by atoms with van der Waals surface area (Å²) in [5.41, 5.74) is 7.06. The van der Waals surface area contributed by atoms with Crippen molar-refractivity contribution in [1.29, 1.82) is 0 Å². The average molecular weight is 331 g/mol. The molecule has 1 N–H and O–H groups in total. The standard InChI is InChI=1S/C22H25N3/c1-24-14-18-13-19(25-10-2-3-11-25)5-6-20(18)21(15-24)16-4-7-22-17(12-16)8-9-23-22/h4-9,12-13,21,23H,2-3,10-11,14-15H2,1H3. The van der Waals surface area contributed by atoms with Crippen LogP contribution in [0.15, 0.2) is 48.7 Å². The van der Waals surface area contributed by atoms with Crippen molar-refractivity contribution >= 4 is 16.6 Å². The van der Waals surface area contributed by atoms with E-state index in [4.69, 9.17) is 0 Å². The van der Waals surface area contributed by atoms with E-state index >= 15 is 0 Å². The van der Waals surface area contributed by atoms with E-state index in [2.05, 4.69) is 64.3 Å². The summed E-state index contributed by atoms with van der Waals surface area (Å²) in [7, 11) is 2.24. The highest BCUT2D eigenvalue weighted by molar-refractivity contribution is 5.80. The van der Waals surface area contributed by atoms with Gasteiger partial charge in [-0.15, -0.1) is 0 Å². The maximum Gasteiger partial charge on any atom is 0.0454 e. The summed E-state index contributed by atoms with van der Waals surface area (Å²) in [4.78, 5) is 8.30. The number of hydrogen-bond acceptors (Lipinski definition) is 2. The van der Waals surface area contributed by atoms with Gasteiger partial charge in [-0.25, -0.2) is 0 Å². The SMILES string of the molecule is CN1Cc2cc(N3CCCC3)ccc2C(c2ccc3[nH]ccc3c2)C1. The topological polar surface area (TPSA) is 22.3 Å². The van der Waals surface area contributed by atoms with E-state index in [1.54, 1.807) is 0 Å². The summed E-state index contributed by atoms with van der Waals surface area (Å²) in [6.45, 7) is 4.57. The van der Waals surface area contributed by atoms with Crippen LogP contribution in [-0.2, 0) is 6.54 Å². The highest BCUT2D eigenvalue weighted by atomic mass is 15.1. The molecule has 128 valence electrons. The zero-order valence-corrected chi connectivity index (χ0v) is 14.8. The Morgan fingerprint density at radius 1 is 1.00 bits per heavy atom. The molecule has 1 unspecified atom stereocenters. The summed E-state index contributed by atoms with van der Waals surface area (Å²) in [5, 5.41) is 1.31. The number of rotatable bonds is 2. The molecule has 0 bridgehead atoms. The number of H-pyrrole nitrogens is 1. The molecule has 1 saturated heterocycles. The fourth-order valence-corrected chi connectivity index (χ4v) is 4.58. The lowest BCUT2D eigenvalue weighted by molar-refractivity contribution is 0.295. The normalized spacial score (nSPS) is 21.0. The second-order valence-electron chi connectivity index (χ2n) is 7.65.